The van der Waals surface area contributed by atoms with Crippen molar-refractivity contribution >= 4 is 56.9 Å². The molecule has 0 bridgehead atoms. The summed E-state index contributed by atoms with van der Waals surface area (Å²) in [5.74, 6) is 1.45. The van der Waals surface area contributed by atoms with E-state index in [1.807, 2.05) is 0 Å². The number of nitriles is 1. The Morgan fingerprint density at radius 1 is 0.949 bits per heavy atom. The van der Waals surface area contributed by atoms with E-state index in [9.17, 15) is 15.5 Å². The second-order valence-corrected chi connectivity index (χ2v) is 11.0. The Morgan fingerprint density at radius 2 is 1.56 bits per heavy atom. The predicted molar refractivity (Wildman–Crippen MR) is 162 cm³/mol. The van der Waals surface area contributed by atoms with E-state index in [0.717, 1.165) is 7.14 Å². The molecule has 11 nitrogen and oxygen atoms in total. The zero-order valence-electron chi connectivity index (χ0n) is 21.7. The topological polar surface area (TPSA) is 179 Å². The standard InChI is InChI=1S/C26H29I2N5O6/c1-12(34)5-14-6-20(36-3)16(27)8-18(14)38-22(10-29)24(35)13(2)15-7-21(37-4)17(28)9-19(15)39-23-11-32-26(31)33-25(23)30/h6-9,11-13,22,24,34-35H,5H2,1-4H3,(H4,30,31,32,33). The summed E-state index contributed by atoms with van der Waals surface area (Å²) in [4.78, 5) is 7.86. The number of nitrogens with zero attached hydrogens (tertiary/aromatic N) is 3. The van der Waals surface area contributed by atoms with Crippen LogP contribution in [0.1, 0.15) is 30.9 Å². The van der Waals surface area contributed by atoms with Gasteiger partial charge < -0.3 is 40.6 Å². The Kier molecular flexibility index (Phi) is 10.6. The highest BCUT2D eigenvalue weighted by Crippen LogP contribution is 2.40. The Hall–Kier alpha value is -2.81. The van der Waals surface area contributed by atoms with Crippen LogP contribution in [0.5, 0.6) is 28.7 Å². The minimum Gasteiger partial charge on any atom is -0.496 e. The highest BCUT2D eigenvalue weighted by atomic mass is 127. The highest BCUT2D eigenvalue weighted by Gasteiger charge is 2.31. The number of hydrogen-bond donors (Lipinski definition) is 4. The van der Waals surface area contributed by atoms with Crippen molar-refractivity contribution in [3.05, 3.63) is 48.7 Å². The summed E-state index contributed by atoms with van der Waals surface area (Å²) < 4.78 is 24.5. The third-order valence-corrected chi connectivity index (χ3v) is 7.54. The summed E-state index contributed by atoms with van der Waals surface area (Å²) in [5.41, 5.74) is 12.7. The second-order valence-electron chi connectivity index (χ2n) is 8.70. The van der Waals surface area contributed by atoms with Gasteiger partial charge in [0.1, 0.15) is 35.2 Å². The molecule has 0 saturated carbocycles. The van der Waals surface area contributed by atoms with E-state index in [1.165, 1.54) is 13.3 Å². The minimum absolute atomic E-state index is 0.00494. The first kappa shape index (κ1) is 30.7. The molecule has 0 saturated heterocycles. The molecule has 0 aliphatic heterocycles. The molecule has 6 N–H and O–H groups in total. The fourth-order valence-corrected chi connectivity index (χ4v) is 5.14. The van der Waals surface area contributed by atoms with Crippen LogP contribution in [0.25, 0.3) is 0 Å². The van der Waals surface area contributed by atoms with Gasteiger partial charge in [0.15, 0.2) is 11.6 Å². The second kappa shape index (κ2) is 13.5. The number of ether oxygens (including phenoxy) is 4. The molecule has 0 amide bonds. The van der Waals surface area contributed by atoms with E-state index in [-0.39, 0.29) is 23.9 Å². The number of nitrogens with two attached hydrogens (primary N) is 2. The van der Waals surface area contributed by atoms with Crippen molar-refractivity contribution in [2.45, 2.75) is 44.5 Å². The fraction of sp³-hybridized carbons (Fsp3) is 0.346. The lowest BCUT2D eigenvalue weighted by atomic mass is 9.91. The van der Waals surface area contributed by atoms with Gasteiger partial charge in [-0.05, 0) is 76.4 Å². The summed E-state index contributed by atoms with van der Waals surface area (Å²) in [6.07, 6.45) is -1.59. The van der Waals surface area contributed by atoms with Crippen LogP contribution in [0.3, 0.4) is 0 Å². The highest BCUT2D eigenvalue weighted by molar-refractivity contribution is 14.1. The lowest BCUT2D eigenvalue weighted by molar-refractivity contribution is 0.0502. The summed E-state index contributed by atoms with van der Waals surface area (Å²) in [6, 6.07) is 8.97. The molecule has 1 aromatic heterocycles. The molecule has 208 valence electrons. The first-order valence-corrected chi connectivity index (χ1v) is 13.9. The van der Waals surface area contributed by atoms with E-state index >= 15 is 0 Å². The average molecular weight is 761 g/mol. The molecular weight excluding hydrogens is 732 g/mol. The van der Waals surface area contributed by atoms with Gasteiger partial charge in [0.25, 0.3) is 0 Å². The van der Waals surface area contributed by atoms with Crippen molar-refractivity contribution in [2.75, 3.05) is 25.7 Å². The van der Waals surface area contributed by atoms with Gasteiger partial charge in [-0.3, -0.25) is 0 Å². The fourth-order valence-electron chi connectivity index (χ4n) is 3.82. The zero-order valence-corrected chi connectivity index (χ0v) is 26.0. The molecule has 0 aliphatic rings. The predicted octanol–water partition coefficient (Wildman–Crippen LogP) is 4.02. The van der Waals surface area contributed by atoms with Crippen molar-refractivity contribution < 1.29 is 29.2 Å². The molecule has 0 fully saturated rings. The van der Waals surface area contributed by atoms with Gasteiger partial charge in [-0.25, -0.2) is 4.98 Å². The van der Waals surface area contributed by atoms with Gasteiger partial charge in [-0.1, -0.05) is 6.92 Å². The smallest absolute Gasteiger partial charge is 0.222 e. The number of hydrogen-bond acceptors (Lipinski definition) is 11. The van der Waals surface area contributed by atoms with Crippen LogP contribution in [0, 0.1) is 18.5 Å². The molecule has 4 unspecified atom stereocenters. The lowest BCUT2D eigenvalue weighted by Crippen LogP contribution is -2.35. The molecule has 13 heteroatoms. The number of aliphatic hydroxyl groups is 2. The van der Waals surface area contributed by atoms with Crippen LogP contribution in [-0.4, -0.2) is 52.7 Å². The normalized spacial score (nSPS) is 14.0. The molecule has 3 rings (SSSR count). The number of benzene rings is 2. The van der Waals surface area contributed by atoms with Crippen LogP contribution >= 0.6 is 45.2 Å². The third kappa shape index (κ3) is 7.44. The van der Waals surface area contributed by atoms with Crippen molar-refractivity contribution in [1.82, 2.24) is 9.97 Å². The zero-order chi connectivity index (χ0) is 28.9. The molecule has 3 aromatic rings. The number of halogens is 2. The molecule has 0 spiro atoms. The van der Waals surface area contributed by atoms with Crippen molar-refractivity contribution in [1.29, 1.82) is 5.26 Å². The quantitative estimate of drug-likeness (QED) is 0.208. The Balaban J connectivity index is 1.98. The monoisotopic (exact) mass is 761 g/mol. The van der Waals surface area contributed by atoms with Gasteiger partial charge in [0.2, 0.25) is 12.1 Å². The number of nitrogen functional groups attached to an aromatic ring is 2. The van der Waals surface area contributed by atoms with Crippen molar-refractivity contribution in [3.8, 4) is 34.8 Å². The van der Waals surface area contributed by atoms with Crippen LogP contribution in [-0.2, 0) is 6.42 Å². The maximum absolute atomic E-state index is 11.4. The van der Waals surface area contributed by atoms with E-state index in [0.29, 0.717) is 34.1 Å². The van der Waals surface area contributed by atoms with Crippen molar-refractivity contribution in [2.24, 2.45) is 0 Å². The first-order chi connectivity index (χ1) is 18.5. The van der Waals surface area contributed by atoms with Gasteiger partial charge in [-0.2, -0.15) is 10.2 Å². The summed E-state index contributed by atoms with van der Waals surface area (Å²) in [5, 5.41) is 31.4. The first-order valence-electron chi connectivity index (χ1n) is 11.7. The van der Waals surface area contributed by atoms with Crippen LogP contribution in [0.4, 0.5) is 11.8 Å². The van der Waals surface area contributed by atoms with E-state index in [4.69, 9.17) is 30.4 Å². The lowest BCUT2D eigenvalue weighted by Gasteiger charge is -2.27. The number of aliphatic hydroxyl groups excluding tert-OH is 2. The minimum atomic E-state index is -1.29. The molecular formula is C26H29I2N5O6. The van der Waals surface area contributed by atoms with Crippen LogP contribution in [0.2, 0.25) is 0 Å². The number of rotatable bonds is 11. The summed E-state index contributed by atoms with van der Waals surface area (Å²) >= 11 is 4.19. The van der Waals surface area contributed by atoms with Gasteiger partial charge >= 0.3 is 0 Å². The Labute approximate surface area is 253 Å². The van der Waals surface area contributed by atoms with Gasteiger partial charge in [0.05, 0.1) is 33.7 Å². The number of anilines is 2. The molecule has 0 aliphatic carbocycles. The van der Waals surface area contributed by atoms with E-state index < -0.39 is 24.2 Å². The number of aromatic nitrogens is 2. The summed E-state index contributed by atoms with van der Waals surface area (Å²) in [6.45, 7) is 3.39. The molecule has 0 radical (unpaired) electrons. The maximum Gasteiger partial charge on any atom is 0.222 e. The van der Waals surface area contributed by atoms with Crippen molar-refractivity contribution in [3.63, 3.8) is 0 Å². The Morgan fingerprint density at radius 3 is 2.13 bits per heavy atom. The van der Waals surface area contributed by atoms with Crippen LogP contribution in [0.15, 0.2) is 30.5 Å². The average Bonchev–Trinajstić information content (AvgIpc) is 2.89. The summed E-state index contributed by atoms with van der Waals surface area (Å²) in [7, 11) is 3.08. The van der Waals surface area contributed by atoms with Crippen LogP contribution < -0.4 is 30.4 Å². The van der Waals surface area contributed by atoms with E-state index in [2.05, 4.69) is 61.2 Å². The third-order valence-electron chi connectivity index (χ3n) is 5.85. The maximum atomic E-state index is 11.4. The largest absolute Gasteiger partial charge is 0.496 e. The number of methoxy groups -OCH3 is 2. The SMILES string of the molecule is COc1cc(CC(C)O)c(OC(C#N)C(O)C(C)c2cc(OC)c(I)cc2Oc2cnc(N)nc2N)cc1I. The molecule has 4 atom stereocenters. The van der Waals surface area contributed by atoms with Gasteiger partial charge in [0, 0.05) is 23.5 Å². The Bertz CT molecular complexity index is 1370. The molecule has 2 aromatic carbocycles. The molecule has 1 heterocycles. The molecule has 39 heavy (non-hydrogen) atoms. The van der Waals surface area contributed by atoms with E-state index in [1.54, 1.807) is 45.2 Å². The van der Waals surface area contributed by atoms with Gasteiger partial charge in [-0.15, -0.1) is 0 Å².